The Balaban J connectivity index is 2.42. The maximum atomic E-state index is 11.6. The molecule has 1 aromatic rings. The highest BCUT2D eigenvalue weighted by atomic mass is 16.5. The van der Waals surface area contributed by atoms with Crippen molar-refractivity contribution in [3.63, 3.8) is 0 Å². The zero-order chi connectivity index (χ0) is 14.4. The molecule has 1 rings (SSSR count). The lowest BCUT2D eigenvalue weighted by atomic mass is 10.1. The standard InChI is InChI=1S/C14H19NO4/c1-9(2)10(3)15-13(17)8-19-14(18)11-4-6-12(16)7-5-11/h4-7,9-10,16H,8H2,1-3H3,(H,15,17)/t10-/m0/s1. The first-order chi connectivity index (χ1) is 8.90. The summed E-state index contributed by atoms with van der Waals surface area (Å²) in [6.07, 6.45) is 0. The largest absolute Gasteiger partial charge is 0.508 e. The number of aromatic hydroxyl groups is 1. The molecule has 2 N–H and O–H groups in total. The molecule has 0 fully saturated rings. The number of amides is 1. The normalized spacial score (nSPS) is 12.0. The average Bonchev–Trinajstić information content (AvgIpc) is 2.36. The van der Waals surface area contributed by atoms with Gasteiger partial charge in [-0.3, -0.25) is 4.79 Å². The summed E-state index contributed by atoms with van der Waals surface area (Å²) in [5.41, 5.74) is 0.294. The van der Waals surface area contributed by atoms with Gasteiger partial charge in [0.15, 0.2) is 6.61 Å². The Morgan fingerprint density at radius 1 is 1.21 bits per heavy atom. The second-order valence-corrected chi connectivity index (χ2v) is 4.72. The molecule has 5 heteroatoms. The summed E-state index contributed by atoms with van der Waals surface area (Å²) in [5, 5.41) is 11.8. The quantitative estimate of drug-likeness (QED) is 0.795. The summed E-state index contributed by atoms with van der Waals surface area (Å²) in [6, 6.07) is 5.67. The van der Waals surface area contributed by atoms with Gasteiger partial charge in [0.1, 0.15) is 5.75 Å². The zero-order valence-corrected chi connectivity index (χ0v) is 11.3. The molecule has 5 nitrogen and oxygen atoms in total. The number of hydrogen-bond donors (Lipinski definition) is 2. The number of phenols is 1. The Morgan fingerprint density at radius 2 is 1.79 bits per heavy atom. The van der Waals surface area contributed by atoms with Gasteiger partial charge in [-0.1, -0.05) is 13.8 Å². The van der Waals surface area contributed by atoms with Crippen molar-refractivity contribution in [3.8, 4) is 5.75 Å². The van der Waals surface area contributed by atoms with E-state index < -0.39 is 5.97 Å². The number of ether oxygens (including phenoxy) is 1. The molecule has 0 saturated heterocycles. The van der Waals surface area contributed by atoms with Crippen LogP contribution in [0.4, 0.5) is 0 Å². The van der Waals surface area contributed by atoms with Gasteiger partial charge in [0.05, 0.1) is 5.56 Å². The Kier molecular flexibility index (Phi) is 5.36. The van der Waals surface area contributed by atoms with E-state index in [1.165, 1.54) is 24.3 Å². The summed E-state index contributed by atoms with van der Waals surface area (Å²) >= 11 is 0. The summed E-state index contributed by atoms with van der Waals surface area (Å²) in [7, 11) is 0. The molecule has 1 aromatic carbocycles. The molecule has 0 aromatic heterocycles. The van der Waals surface area contributed by atoms with Gasteiger partial charge in [-0.15, -0.1) is 0 Å². The minimum Gasteiger partial charge on any atom is -0.508 e. The predicted molar refractivity (Wildman–Crippen MR) is 70.8 cm³/mol. The average molecular weight is 265 g/mol. The molecule has 0 aliphatic carbocycles. The van der Waals surface area contributed by atoms with Crippen molar-refractivity contribution in [2.24, 2.45) is 5.92 Å². The number of hydrogen-bond acceptors (Lipinski definition) is 4. The van der Waals surface area contributed by atoms with Crippen LogP contribution in [0.5, 0.6) is 5.75 Å². The van der Waals surface area contributed by atoms with E-state index in [4.69, 9.17) is 9.84 Å². The monoisotopic (exact) mass is 265 g/mol. The van der Waals surface area contributed by atoms with Gasteiger partial charge in [-0.2, -0.15) is 0 Å². The van der Waals surface area contributed by atoms with E-state index in [1.54, 1.807) is 0 Å². The zero-order valence-electron chi connectivity index (χ0n) is 11.3. The number of rotatable bonds is 5. The summed E-state index contributed by atoms with van der Waals surface area (Å²) < 4.78 is 4.88. The van der Waals surface area contributed by atoms with Crippen molar-refractivity contribution in [1.29, 1.82) is 0 Å². The summed E-state index contributed by atoms with van der Waals surface area (Å²) in [4.78, 5) is 23.1. The highest BCUT2D eigenvalue weighted by Gasteiger charge is 2.13. The molecular formula is C14H19NO4. The van der Waals surface area contributed by atoms with Crippen LogP contribution in [0.2, 0.25) is 0 Å². The van der Waals surface area contributed by atoms with Crippen LogP contribution in [-0.4, -0.2) is 29.6 Å². The Morgan fingerprint density at radius 3 is 2.32 bits per heavy atom. The molecule has 0 bridgehead atoms. The van der Waals surface area contributed by atoms with Gasteiger partial charge in [0.25, 0.3) is 5.91 Å². The summed E-state index contributed by atoms with van der Waals surface area (Å²) in [5.74, 6) is -0.530. The minimum atomic E-state index is -0.590. The van der Waals surface area contributed by atoms with Gasteiger partial charge >= 0.3 is 5.97 Å². The van der Waals surface area contributed by atoms with Crippen LogP contribution in [-0.2, 0) is 9.53 Å². The molecule has 0 saturated carbocycles. The van der Waals surface area contributed by atoms with Crippen molar-refractivity contribution in [3.05, 3.63) is 29.8 Å². The molecule has 1 atom stereocenters. The third-order valence-electron chi connectivity index (χ3n) is 2.83. The van der Waals surface area contributed by atoms with Crippen LogP contribution in [0.15, 0.2) is 24.3 Å². The number of carbonyl (C=O) groups is 2. The van der Waals surface area contributed by atoms with Gasteiger partial charge in [0, 0.05) is 6.04 Å². The van der Waals surface area contributed by atoms with E-state index in [9.17, 15) is 9.59 Å². The first kappa shape index (κ1) is 15.0. The highest BCUT2D eigenvalue weighted by molar-refractivity contribution is 5.91. The number of carbonyl (C=O) groups excluding carboxylic acids is 2. The van der Waals surface area contributed by atoms with Gasteiger partial charge in [-0.05, 0) is 37.1 Å². The van der Waals surface area contributed by atoms with Crippen LogP contribution in [0.25, 0.3) is 0 Å². The molecule has 19 heavy (non-hydrogen) atoms. The van der Waals surface area contributed by atoms with Gasteiger partial charge in [-0.25, -0.2) is 4.79 Å². The lowest BCUT2D eigenvalue weighted by Gasteiger charge is -2.17. The number of nitrogens with one attached hydrogen (secondary N) is 1. The van der Waals surface area contributed by atoms with Crippen LogP contribution in [0, 0.1) is 5.92 Å². The van der Waals surface area contributed by atoms with Crippen molar-refractivity contribution in [2.45, 2.75) is 26.8 Å². The molecule has 0 radical (unpaired) electrons. The fourth-order valence-electron chi connectivity index (χ4n) is 1.27. The SMILES string of the molecule is CC(C)[C@H](C)NC(=O)COC(=O)c1ccc(O)cc1. The number of phenolic OH excluding ortho intramolecular Hbond substituents is 1. The molecule has 0 aliphatic rings. The van der Waals surface area contributed by atoms with E-state index in [1.807, 2.05) is 20.8 Å². The van der Waals surface area contributed by atoms with Crippen LogP contribution in [0.3, 0.4) is 0 Å². The maximum absolute atomic E-state index is 11.6. The van der Waals surface area contributed by atoms with Crippen LogP contribution >= 0.6 is 0 Å². The molecule has 0 aliphatic heterocycles. The maximum Gasteiger partial charge on any atom is 0.338 e. The van der Waals surface area contributed by atoms with E-state index >= 15 is 0 Å². The van der Waals surface area contributed by atoms with Gasteiger partial charge < -0.3 is 15.2 Å². The van der Waals surface area contributed by atoms with Crippen LogP contribution < -0.4 is 5.32 Å². The smallest absolute Gasteiger partial charge is 0.338 e. The molecular weight excluding hydrogens is 246 g/mol. The Labute approximate surface area is 112 Å². The third kappa shape index (κ3) is 4.99. The van der Waals surface area contributed by atoms with Crippen molar-refractivity contribution >= 4 is 11.9 Å². The van der Waals surface area contributed by atoms with E-state index in [2.05, 4.69) is 5.32 Å². The highest BCUT2D eigenvalue weighted by Crippen LogP contribution is 2.10. The third-order valence-corrected chi connectivity index (χ3v) is 2.83. The number of esters is 1. The van der Waals surface area contributed by atoms with Crippen LogP contribution in [0.1, 0.15) is 31.1 Å². The molecule has 104 valence electrons. The molecule has 0 unspecified atom stereocenters. The molecule has 0 heterocycles. The molecule has 1 amide bonds. The van der Waals surface area contributed by atoms with E-state index in [0.29, 0.717) is 11.5 Å². The first-order valence-corrected chi connectivity index (χ1v) is 6.15. The lowest BCUT2D eigenvalue weighted by Crippen LogP contribution is -2.38. The van der Waals surface area contributed by atoms with E-state index in [0.717, 1.165) is 0 Å². The fourth-order valence-corrected chi connectivity index (χ4v) is 1.27. The molecule has 0 spiro atoms. The number of benzene rings is 1. The lowest BCUT2D eigenvalue weighted by molar-refractivity contribution is -0.125. The topological polar surface area (TPSA) is 75.6 Å². The van der Waals surface area contributed by atoms with Crippen molar-refractivity contribution in [2.75, 3.05) is 6.61 Å². The van der Waals surface area contributed by atoms with Gasteiger partial charge in [0.2, 0.25) is 0 Å². The second kappa shape index (κ2) is 6.78. The van der Waals surface area contributed by atoms with Crippen molar-refractivity contribution in [1.82, 2.24) is 5.32 Å². The van der Waals surface area contributed by atoms with E-state index in [-0.39, 0.29) is 24.3 Å². The first-order valence-electron chi connectivity index (χ1n) is 6.15. The predicted octanol–water partition coefficient (Wildman–Crippen LogP) is 1.71. The fraction of sp³-hybridized carbons (Fsp3) is 0.429. The van der Waals surface area contributed by atoms with Crippen molar-refractivity contribution < 1.29 is 19.4 Å². The Hall–Kier alpha value is -2.04. The Bertz CT molecular complexity index is 439. The summed E-state index contributed by atoms with van der Waals surface area (Å²) in [6.45, 7) is 5.57. The second-order valence-electron chi connectivity index (χ2n) is 4.72. The minimum absolute atomic E-state index is 0.0277.